The van der Waals surface area contributed by atoms with Gasteiger partial charge < -0.3 is 20.9 Å². The summed E-state index contributed by atoms with van der Waals surface area (Å²) in [5.74, 6) is -1.39. The summed E-state index contributed by atoms with van der Waals surface area (Å²) in [5, 5.41) is 25.2. The Hall–Kier alpha value is -1.64. The SMILES string of the molecule is C1CNCC[N-]1.CC(=O)C(=O)N1CC[N-]CC1.CCC(=O)C(C)=O.I.I.OOS.OOS.[Rf].[Rf]. The zero-order valence-corrected chi connectivity index (χ0v) is 38.9. The van der Waals surface area contributed by atoms with Gasteiger partial charge in [0.1, 0.15) is 0 Å². The van der Waals surface area contributed by atoms with Crippen LogP contribution >= 0.6 is 73.8 Å². The summed E-state index contributed by atoms with van der Waals surface area (Å²) in [6.07, 6.45) is 0.329. The van der Waals surface area contributed by atoms with Crippen LogP contribution in [0.25, 0.3) is 10.6 Å². The van der Waals surface area contributed by atoms with Gasteiger partial charge in [-0.3, -0.25) is 19.2 Å². The van der Waals surface area contributed by atoms with E-state index in [0.717, 1.165) is 26.2 Å². The standard InChI is InChI=1S/C7H11N2O2.C5H8O2.C4H9N2.2HI.2H2O2S.2Rf/c1-6(10)7(11)9-4-2-8-3-5-9;1-3-5(7)4(2)6;1-2-6-4-3-5-1;;;2*1-2-3;;/h2-5H2,1H3;3H2,1-2H3;5H,1-4H2;2*1H;2*1,3H;;/q-1;;-1;;;;;;. The number of carbonyl (C=O) groups is 4. The Morgan fingerprint density at radius 2 is 1.21 bits per heavy atom. The second-order valence-electron chi connectivity index (χ2n) is 5.44. The maximum atomic E-state index is 11.0. The molecule has 2 heterocycles. The molecule has 18 heteroatoms. The molecule has 2 aliphatic heterocycles. The van der Waals surface area contributed by atoms with Crippen LogP contribution in [0, 0.1) is 0 Å². The Balaban J connectivity index is -0.0000000564. The molecule has 2 rings (SSSR count). The summed E-state index contributed by atoms with van der Waals surface area (Å²) in [7, 11) is 0. The van der Waals surface area contributed by atoms with Crippen LogP contribution in [-0.2, 0) is 27.8 Å². The van der Waals surface area contributed by atoms with Crippen molar-refractivity contribution in [3.05, 3.63) is 10.6 Å². The van der Waals surface area contributed by atoms with E-state index < -0.39 is 0 Å². The third kappa shape index (κ3) is 37.7. The number of nitrogens with one attached hydrogen (secondary N) is 1. The molecular formula is C16H34I2N4O8Rf2S2-2. The van der Waals surface area contributed by atoms with E-state index in [1.807, 2.05) is 0 Å². The Morgan fingerprint density at radius 3 is 1.38 bits per heavy atom. The van der Waals surface area contributed by atoms with E-state index in [2.05, 4.69) is 50.4 Å². The predicted molar refractivity (Wildman–Crippen MR) is 149 cm³/mol. The second-order valence-corrected chi connectivity index (χ2v) is 5.76. The largest absolute Gasteiger partial charge is 0.660 e. The van der Waals surface area contributed by atoms with Crippen LogP contribution in [0.2, 0.25) is 0 Å². The molecule has 0 aromatic carbocycles. The van der Waals surface area contributed by atoms with Crippen LogP contribution in [0.5, 0.6) is 0 Å². The molecule has 34 heavy (non-hydrogen) atoms. The molecule has 198 valence electrons. The average Bonchev–Trinajstić information content (AvgIpc) is 2.76. The van der Waals surface area contributed by atoms with Crippen LogP contribution in [0.15, 0.2) is 0 Å². The predicted octanol–water partition coefficient (Wildman–Crippen LogP) is 2.19. The van der Waals surface area contributed by atoms with E-state index in [4.69, 9.17) is 10.5 Å². The topological polar surface area (TPSA) is 171 Å². The fraction of sp³-hybridized carbons (Fsp3) is 0.750. The summed E-state index contributed by atoms with van der Waals surface area (Å²) in [4.78, 5) is 43.4. The van der Waals surface area contributed by atoms with Gasteiger partial charge in [0, 0.05) is 59.2 Å². The number of nitrogens with zero attached hydrogens (tertiary/aromatic N) is 3. The third-order valence-corrected chi connectivity index (χ3v) is 3.25. The minimum absolute atomic E-state index is 0. The van der Waals surface area contributed by atoms with Gasteiger partial charge in [0.2, 0.25) is 5.78 Å². The first-order chi connectivity index (χ1) is 14.2. The Bertz CT molecular complexity index is 471. The summed E-state index contributed by atoms with van der Waals surface area (Å²) < 4.78 is 5.89. The fourth-order valence-electron chi connectivity index (χ4n) is 1.83. The van der Waals surface area contributed by atoms with Crippen molar-refractivity contribution in [1.29, 1.82) is 0 Å². The number of hydrogen-bond acceptors (Lipinski definition) is 11. The van der Waals surface area contributed by atoms with Gasteiger partial charge in [0.05, 0.1) is 0 Å². The van der Waals surface area contributed by atoms with E-state index in [1.165, 1.54) is 13.8 Å². The van der Waals surface area contributed by atoms with Crippen LogP contribution in [-0.4, -0.2) is 91.0 Å². The minimum atomic E-state index is -0.383. The van der Waals surface area contributed by atoms with Gasteiger partial charge in [-0.05, 0) is 13.1 Å². The van der Waals surface area contributed by atoms with Gasteiger partial charge in [-0.1, -0.05) is 6.92 Å². The first kappa shape index (κ1) is 49.5. The number of carbonyl (C=O) groups excluding carboxylic acids is 4. The Morgan fingerprint density at radius 1 is 0.853 bits per heavy atom. The van der Waals surface area contributed by atoms with Crippen molar-refractivity contribution >= 4 is 97.0 Å². The maximum absolute atomic E-state index is 11.0. The molecule has 2 fully saturated rings. The number of piperazine rings is 2. The van der Waals surface area contributed by atoms with Crippen molar-refractivity contribution in [2.45, 2.75) is 27.2 Å². The molecule has 2 aliphatic rings. The van der Waals surface area contributed by atoms with Crippen molar-refractivity contribution in [3.8, 4) is 0 Å². The number of amides is 1. The van der Waals surface area contributed by atoms with E-state index in [9.17, 15) is 19.2 Å². The molecule has 0 spiro atoms. The fourth-order valence-corrected chi connectivity index (χ4v) is 1.83. The smallest absolute Gasteiger partial charge is 0.289 e. The molecule has 0 saturated carbocycles. The Labute approximate surface area is 234 Å². The summed E-state index contributed by atoms with van der Waals surface area (Å²) in [6, 6.07) is 0. The zero-order valence-electron chi connectivity index (χ0n) is 19.7. The first-order valence-corrected chi connectivity index (χ1v) is 9.67. The normalized spacial score (nSPS) is 12.9. The van der Waals surface area contributed by atoms with Gasteiger partial charge in [0.15, 0.2) is 11.6 Å². The molecular weight excluding hydrogens is 1230 g/mol. The number of thiol groups is 2. The van der Waals surface area contributed by atoms with Crippen LogP contribution < -0.4 is 5.32 Å². The maximum Gasteiger partial charge on any atom is 0.289 e. The molecule has 12 nitrogen and oxygen atoms in total. The van der Waals surface area contributed by atoms with Gasteiger partial charge in [-0.15, -0.1) is 74.1 Å². The number of rotatable bonds is 3. The van der Waals surface area contributed by atoms with Crippen LogP contribution in [0.1, 0.15) is 27.2 Å². The molecule has 0 bridgehead atoms. The Kier molecular flexibility index (Phi) is 56.2. The molecule has 2 saturated heterocycles. The van der Waals surface area contributed by atoms with E-state index >= 15 is 0 Å². The van der Waals surface area contributed by atoms with Crippen LogP contribution in [0.4, 0.5) is 0 Å². The molecule has 3 N–H and O–H groups in total. The minimum Gasteiger partial charge on any atom is -0.660 e. The number of Topliss-reactive ketones (excluding diaryl/α,β-unsaturated/α-hetero) is 3. The quantitative estimate of drug-likeness (QED) is 0.0711. The molecule has 0 aromatic heterocycles. The zero-order chi connectivity index (χ0) is 23.8. The summed E-state index contributed by atoms with van der Waals surface area (Å²) >= 11 is 5.69. The van der Waals surface area contributed by atoms with Gasteiger partial charge >= 0.3 is 0 Å². The number of ketones is 3. The van der Waals surface area contributed by atoms with Gasteiger partial charge in [0.25, 0.3) is 5.91 Å². The summed E-state index contributed by atoms with van der Waals surface area (Å²) in [6.45, 7) is 11.0. The molecule has 1 amide bonds. The van der Waals surface area contributed by atoms with Crippen molar-refractivity contribution in [1.82, 2.24) is 10.2 Å². The molecule has 0 unspecified atom stereocenters. The van der Waals surface area contributed by atoms with Crippen molar-refractivity contribution in [3.63, 3.8) is 0 Å². The monoisotopic (exact) mass is 1260 g/mol. The molecule has 0 aliphatic carbocycles. The molecule has 0 atom stereocenters. The summed E-state index contributed by atoms with van der Waals surface area (Å²) in [5.41, 5.74) is 0. The first-order valence-electron chi connectivity index (χ1n) is 8.94. The van der Waals surface area contributed by atoms with E-state index in [1.54, 1.807) is 11.8 Å². The van der Waals surface area contributed by atoms with Crippen molar-refractivity contribution in [2.75, 3.05) is 52.4 Å². The van der Waals surface area contributed by atoms with Crippen LogP contribution in [0.3, 0.4) is 0 Å². The third-order valence-electron chi connectivity index (χ3n) is 3.25. The molecule has 0 radical (unpaired) electrons. The van der Waals surface area contributed by atoms with E-state index in [-0.39, 0.29) is 71.2 Å². The molecule has 0 aromatic rings. The van der Waals surface area contributed by atoms with Crippen molar-refractivity contribution < 1.29 is 38.4 Å². The van der Waals surface area contributed by atoms with Gasteiger partial charge in [-0.25, -0.2) is 10.5 Å². The second kappa shape index (κ2) is 38.6. The van der Waals surface area contributed by atoms with E-state index in [0.29, 0.717) is 32.6 Å². The number of hydrogen-bond donors (Lipinski definition) is 5. The average molecular weight is 1260 g/mol. The van der Waals surface area contributed by atoms with Crippen molar-refractivity contribution in [2.24, 2.45) is 0 Å². The van der Waals surface area contributed by atoms with Gasteiger partial charge in [-0.2, -0.15) is 8.67 Å². The number of halogens is 2.